The van der Waals surface area contributed by atoms with Gasteiger partial charge in [0.1, 0.15) is 5.76 Å². The predicted molar refractivity (Wildman–Crippen MR) is 92.3 cm³/mol. The molecule has 0 bridgehead atoms. The topological polar surface area (TPSA) is 64.7 Å². The predicted octanol–water partition coefficient (Wildman–Crippen LogP) is 3.62. The van der Waals surface area contributed by atoms with Crippen LogP contribution in [0.3, 0.4) is 0 Å². The van der Waals surface area contributed by atoms with Crippen LogP contribution in [0.1, 0.15) is 40.0 Å². The zero-order valence-corrected chi connectivity index (χ0v) is 14.0. The number of hydrogen-bond acceptors (Lipinski definition) is 4. The summed E-state index contributed by atoms with van der Waals surface area (Å²) in [6, 6.07) is 0. The molecule has 0 aliphatic carbocycles. The summed E-state index contributed by atoms with van der Waals surface area (Å²) < 4.78 is 5.62. The molecule has 118 valence electrons. The number of hydrogen-bond donors (Lipinski definition) is 2. The first-order valence-corrected chi connectivity index (χ1v) is 7.60. The monoisotopic (exact) mass is 310 g/mol. The standard InChI is InChI=1S/C15H23NOS.CH3NO/c1-4-7-14-15(18)12(8-10-17-14)11-13(6-3)16-9-5-2;2-1-3/h4,6-7,9,12,18H,5,8,10-11H2,1-3H3;1H,(H2,2,3)/b7-4+,13-6-,16-9?;. The maximum atomic E-state index is 8.58. The Balaban J connectivity index is 0.00000122. The molecule has 1 heterocycles. The number of nitrogens with zero attached hydrogens (tertiary/aromatic N) is 1. The fourth-order valence-corrected chi connectivity index (χ4v) is 2.27. The van der Waals surface area contributed by atoms with Crippen LogP contribution >= 0.6 is 12.6 Å². The van der Waals surface area contributed by atoms with Crippen molar-refractivity contribution >= 4 is 25.3 Å². The van der Waals surface area contributed by atoms with Gasteiger partial charge in [-0.05, 0) is 39.2 Å². The van der Waals surface area contributed by atoms with Crippen LogP contribution in [0.2, 0.25) is 0 Å². The van der Waals surface area contributed by atoms with Crippen molar-refractivity contribution in [2.75, 3.05) is 6.61 Å². The number of amides is 1. The second kappa shape index (κ2) is 12.3. The maximum absolute atomic E-state index is 8.58. The van der Waals surface area contributed by atoms with Crippen LogP contribution in [0, 0.1) is 5.92 Å². The van der Waals surface area contributed by atoms with E-state index in [1.54, 1.807) is 0 Å². The number of rotatable bonds is 5. The lowest BCUT2D eigenvalue weighted by Gasteiger charge is -2.25. The van der Waals surface area contributed by atoms with Gasteiger partial charge in [-0.2, -0.15) is 0 Å². The zero-order valence-electron chi connectivity index (χ0n) is 13.1. The van der Waals surface area contributed by atoms with Crippen molar-refractivity contribution in [2.24, 2.45) is 16.6 Å². The van der Waals surface area contributed by atoms with E-state index in [-0.39, 0.29) is 6.41 Å². The lowest BCUT2D eigenvalue weighted by Crippen LogP contribution is -2.14. The molecule has 4 nitrogen and oxygen atoms in total. The number of ether oxygens (including phenoxy) is 1. The smallest absolute Gasteiger partial charge is 0.204 e. The van der Waals surface area contributed by atoms with Gasteiger partial charge in [0.2, 0.25) is 6.41 Å². The fourth-order valence-electron chi connectivity index (χ4n) is 1.91. The number of thiol groups is 1. The third kappa shape index (κ3) is 7.75. The largest absolute Gasteiger partial charge is 0.493 e. The van der Waals surface area contributed by atoms with Crippen molar-refractivity contribution in [3.8, 4) is 0 Å². The number of aliphatic imine (C=N–C) groups is 1. The second-order valence-corrected chi connectivity index (χ2v) is 4.91. The van der Waals surface area contributed by atoms with Gasteiger partial charge in [-0.25, -0.2) is 0 Å². The number of nitrogens with two attached hydrogens (primary N) is 1. The van der Waals surface area contributed by atoms with E-state index in [0.29, 0.717) is 5.92 Å². The van der Waals surface area contributed by atoms with Gasteiger partial charge < -0.3 is 10.5 Å². The minimum Gasteiger partial charge on any atom is -0.493 e. The average Bonchev–Trinajstić information content (AvgIpc) is 2.48. The molecular formula is C16H26N2O2S. The Bertz CT molecular complexity index is 426. The Morgan fingerprint density at radius 2 is 2.19 bits per heavy atom. The third-order valence-electron chi connectivity index (χ3n) is 2.91. The van der Waals surface area contributed by atoms with E-state index >= 15 is 0 Å². The molecule has 0 saturated carbocycles. The van der Waals surface area contributed by atoms with Crippen molar-refractivity contribution in [1.82, 2.24) is 0 Å². The molecule has 2 N–H and O–H groups in total. The minimum absolute atomic E-state index is 0.250. The summed E-state index contributed by atoms with van der Waals surface area (Å²) in [7, 11) is 0. The molecule has 0 aromatic rings. The molecule has 1 atom stereocenters. The van der Waals surface area contributed by atoms with E-state index in [2.05, 4.69) is 36.4 Å². The Morgan fingerprint density at radius 3 is 2.71 bits per heavy atom. The summed E-state index contributed by atoms with van der Waals surface area (Å²) in [4.78, 5) is 14.1. The molecule has 0 radical (unpaired) electrons. The molecular weight excluding hydrogens is 284 g/mol. The van der Waals surface area contributed by atoms with Crippen LogP contribution in [0.5, 0.6) is 0 Å². The van der Waals surface area contributed by atoms with Crippen molar-refractivity contribution in [3.05, 3.63) is 34.6 Å². The molecule has 0 aromatic carbocycles. The molecule has 0 aromatic heterocycles. The molecule has 1 amide bonds. The molecule has 1 aliphatic heterocycles. The Kier molecular flexibility index (Phi) is 11.4. The highest BCUT2D eigenvalue weighted by atomic mass is 32.1. The van der Waals surface area contributed by atoms with Gasteiger partial charge in [-0.1, -0.05) is 19.1 Å². The molecule has 0 spiro atoms. The van der Waals surface area contributed by atoms with E-state index in [9.17, 15) is 0 Å². The average molecular weight is 310 g/mol. The summed E-state index contributed by atoms with van der Waals surface area (Å²) >= 11 is 4.61. The third-order valence-corrected chi connectivity index (χ3v) is 3.50. The number of primary amides is 1. The Morgan fingerprint density at radius 1 is 1.52 bits per heavy atom. The van der Waals surface area contributed by atoms with Crippen molar-refractivity contribution in [3.63, 3.8) is 0 Å². The highest BCUT2D eigenvalue weighted by Gasteiger charge is 2.21. The molecule has 21 heavy (non-hydrogen) atoms. The van der Waals surface area contributed by atoms with Gasteiger partial charge >= 0.3 is 0 Å². The lowest BCUT2D eigenvalue weighted by atomic mass is 9.96. The first kappa shape index (κ1) is 19.5. The van der Waals surface area contributed by atoms with Crippen molar-refractivity contribution in [2.45, 2.75) is 40.0 Å². The SMILES string of the molecule is C/C=C(/CC1CCOC(/C=C/C)=C1S)N=CCC.NC=O. The van der Waals surface area contributed by atoms with Crippen LogP contribution in [-0.2, 0) is 9.53 Å². The van der Waals surface area contributed by atoms with Crippen molar-refractivity contribution in [1.29, 1.82) is 0 Å². The first-order chi connectivity index (χ1) is 10.1. The van der Waals surface area contributed by atoms with E-state index in [1.165, 1.54) is 0 Å². The number of allylic oxidation sites excluding steroid dienone is 5. The van der Waals surface area contributed by atoms with Crippen LogP contribution in [0.25, 0.3) is 0 Å². The summed E-state index contributed by atoms with van der Waals surface area (Å²) in [5.74, 6) is 1.33. The van der Waals surface area contributed by atoms with Gasteiger partial charge in [0.05, 0.1) is 6.61 Å². The summed E-state index contributed by atoms with van der Waals surface area (Å²) in [5, 5.41) is 0. The maximum Gasteiger partial charge on any atom is 0.204 e. The first-order valence-electron chi connectivity index (χ1n) is 7.16. The van der Waals surface area contributed by atoms with Gasteiger partial charge in [0.15, 0.2) is 0 Å². The molecule has 0 saturated heterocycles. The van der Waals surface area contributed by atoms with E-state index in [0.717, 1.165) is 42.2 Å². The Labute approximate surface area is 133 Å². The normalized spacial score (nSPS) is 19.4. The molecule has 0 fully saturated rings. The summed E-state index contributed by atoms with van der Waals surface area (Å²) in [6.07, 6.45) is 11.2. The molecule has 1 aliphatic rings. The Hall–Kier alpha value is -1.49. The zero-order chi connectivity index (χ0) is 16.1. The van der Waals surface area contributed by atoms with Gasteiger partial charge in [-0.15, -0.1) is 12.6 Å². The van der Waals surface area contributed by atoms with Crippen LogP contribution < -0.4 is 5.73 Å². The number of carbonyl (C=O) groups is 1. The van der Waals surface area contributed by atoms with E-state index in [1.807, 2.05) is 32.2 Å². The molecule has 5 heteroatoms. The van der Waals surface area contributed by atoms with Gasteiger partial charge in [0.25, 0.3) is 0 Å². The van der Waals surface area contributed by atoms with Crippen LogP contribution in [0.15, 0.2) is 39.6 Å². The van der Waals surface area contributed by atoms with Crippen LogP contribution in [0.4, 0.5) is 0 Å². The fraction of sp³-hybridized carbons (Fsp3) is 0.500. The van der Waals surface area contributed by atoms with Gasteiger partial charge in [0, 0.05) is 22.7 Å². The van der Waals surface area contributed by atoms with E-state index < -0.39 is 0 Å². The highest BCUT2D eigenvalue weighted by Crippen LogP contribution is 2.33. The molecule has 1 rings (SSSR count). The molecule has 1 unspecified atom stereocenters. The second-order valence-electron chi connectivity index (χ2n) is 4.42. The minimum atomic E-state index is 0.250. The van der Waals surface area contributed by atoms with Gasteiger partial charge in [-0.3, -0.25) is 9.79 Å². The van der Waals surface area contributed by atoms with E-state index in [4.69, 9.17) is 9.53 Å². The quantitative estimate of drug-likeness (QED) is 0.463. The summed E-state index contributed by atoms with van der Waals surface area (Å²) in [5.41, 5.74) is 5.30. The highest BCUT2D eigenvalue weighted by molar-refractivity contribution is 7.84. The lowest BCUT2D eigenvalue weighted by molar-refractivity contribution is -0.106. The van der Waals surface area contributed by atoms with Crippen LogP contribution in [-0.4, -0.2) is 19.2 Å². The number of carbonyl (C=O) groups excluding carboxylic acids is 1. The van der Waals surface area contributed by atoms with Crippen molar-refractivity contribution < 1.29 is 9.53 Å². The summed E-state index contributed by atoms with van der Waals surface area (Å²) in [6.45, 7) is 6.89.